The van der Waals surface area contributed by atoms with Gasteiger partial charge in [-0.3, -0.25) is 0 Å². The van der Waals surface area contributed by atoms with Gasteiger partial charge in [-0.1, -0.05) is 110 Å². The summed E-state index contributed by atoms with van der Waals surface area (Å²) in [5, 5.41) is 8.77. The van der Waals surface area contributed by atoms with Gasteiger partial charge >= 0.3 is 51.4 Å². The third kappa shape index (κ3) is 24.0. The van der Waals surface area contributed by atoms with Gasteiger partial charge in [0, 0.05) is 5.25 Å². The molecule has 29 heavy (non-hydrogen) atoms. The molecule has 1 N–H and O–H groups in total. The van der Waals surface area contributed by atoms with Gasteiger partial charge < -0.3 is 9.66 Å². The topological polar surface area (TPSA) is 77.4 Å². The van der Waals surface area contributed by atoms with Crippen molar-refractivity contribution < 1.29 is 69.5 Å². The molecular formula is C23H47KO4S. The van der Waals surface area contributed by atoms with Crippen LogP contribution in [0.2, 0.25) is 0 Å². The Kier molecular flexibility index (Phi) is 25.6. The van der Waals surface area contributed by atoms with Crippen LogP contribution in [-0.4, -0.2) is 29.4 Å². The fourth-order valence-corrected chi connectivity index (χ4v) is 4.09. The predicted octanol–water partition coefficient (Wildman–Crippen LogP) is 3.72. The van der Waals surface area contributed by atoms with Crippen LogP contribution in [0.25, 0.3) is 0 Å². The van der Waals surface area contributed by atoms with E-state index in [1.54, 1.807) is 0 Å². The van der Waals surface area contributed by atoms with Crippen molar-refractivity contribution in [2.75, 3.05) is 0 Å². The predicted molar refractivity (Wildman–Crippen MR) is 119 cm³/mol. The monoisotopic (exact) mass is 458 g/mol. The third-order valence-corrected chi connectivity index (χ3v) is 7.08. The van der Waals surface area contributed by atoms with Gasteiger partial charge in [0.25, 0.3) is 0 Å². The Balaban J connectivity index is 0. The Bertz CT molecular complexity index is 429. The van der Waals surface area contributed by atoms with E-state index in [1.807, 2.05) is 6.92 Å². The zero-order chi connectivity index (χ0) is 21.1. The van der Waals surface area contributed by atoms with Crippen molar-refractivity contribution in [1.82, 2.24) is 0 Å². The average Bonchev–Trinajstić information content (AvgIpc) is 2.65. The van der Waals surface area contributed by atoms with Crippen LogP contribution >= 0.6 is 0 Å². The molecule has 6 heteroatoms. The summed E-state index contributed by atoms with van der Waals surface area (Å²) < 4.78 is 32.4. The molecule has 0 aromatic heterocycles. The van der Waals surface area contributed by atoms with Gasteiger partial charge in [0.15, 0.2) is 0 Å². The molecule has 0 spiro atoms. The molecule has 0 aromatic rings. The SMILES string of the molecule is CCC(O)CCCCCCCCCCCCCCCCCCC(C)S(=O)(=O)[O-].[K+]. The quantitative estimate of drug-likeness (QED) is 0.162. The molecule has 0 bridgehead atoms. The van der Waals surface area contributed by atoms with E-state index >= 15 is 0 Å². The summed E-state index contributed by atoms with van der Waals surface area (Å²) in [7, 11) is -4.09. The Morgan fingerprint density at radius 1 is 0.655 bits per heavy atom. The molecule has 0 amide bonds. The molecule has 0 aliphatic rings. The van der Waals surface area contributed by atoms with Gasteiger partial charge in [0.1, 0.15) is 0 Å². The van der Waals surface area contributed by atoms with E-state index in [0.717, 1.165) is 32.1 Å². The van der Waals surface area contributed by atoms with Crippen molar-refractivity contribution in [1.29, 1.82) is 0 Å². The van der Waals surface area contributed by atoms with Crippen LogP contribution in [0.4, 0.5) is 0 Å². The molecule has 0 aromatic carbocycles. The maximum absolute atomic E-state index is 10.8. The van der Waals surface area contributed by atoms with Crippen LogP contribution in [-0.2, 0) is 10.1 Å². The minimum Gasteiger partial charge on any atom is -0.748 e. The van der Waals surface area contributed by atoms with Crippen molar-refractivity contribution >= 4 is 10.1 Å². The number of hydrogen-bond acceptors (Lipinski definition) is 4. The fourth-order valence-electron chi connectivity index (χ4n) is 3.64. The van der Waals surface area contributed by atoms with Gasteiger partial charge in [0.05, 0.1) is 16.2 Å². The Labute approximate surface area is 224 Å². The molecule has 2 unspecified atom stereocenters. The number of hydrogen-bond donors (Lipinski definition) is 1. The Hall–Kier alpha value is 1.51. The second-order valence-electron chi connectivity index (χ2n) is 8.60. The maximum Gasteiger partial charge on any atom is 1.00 e. The van der Waals surface area contributed by atoms with Crippen LogP contribution in [0.1, 0.15) is 136 Å². The van der Waals surface area contributed by atoms with Crippen LogP contribution in [0.15, 0.2) is 0 Å². The summed E-state index contributed by atoms with van der Waals surface area (Å²) in [4.78, 5) is 0. The van der Waals surface area contributed by atoms with E-state index in [2.05, 4.69) is 0 Å². The largest absolute Gasteiger partial charge is 1.00 e. The maximum atomic E-state index is 10.8. The Morgan fingerprint density at radius 2 is 0.931 bits per heavy atom. The molecule has 0 radical (unpaired) electrons. The van der Waals surface area contributed by atoms with Crippen molar-refractivity contribution in [3.63, 3.8) is 0 Å². The Morgan fingerprint density at radius 3 is 1.21 bits per heavy atom. The average molecular weight is 459 g/mol. The molecule has 0 fully saturated rings. The smallest absolute Gasteiger partial charge is 0.748 e. The summed E-state index contributed by atoms with van der Waals surface area (Å²) in [6.45, 7) is 3.56. The minimum atomic E-state index is -4.09. The van der Waals surface area contributed by atoms with Crippen molar-refractivity contribution in [3.05, 3.63) is 0 Å². The number of rotatable bonds is 21. The fraction of sp³-hybridized carbons (Fsp3) is 1.00. The standard InChI is InChI=1S/C23H48O4S.K/c1-3-23(24)21-19-17-15-13-11-9-7-5-4-6-8-10-12-14-16-18-20-22(2)28(25,26)27;/h22-24H,3-21H2,1-2H3,(H,25,26,27);/q;+1/p-1. The van der Waals surface area contributed by atoms with E-state index < -0.39 is 15.4 Å². The number of aliphatic hydroxyl groups is 1. The van der Waals surface area contributed by atoms with E-state index in [0.29, 0.717) is 6.42 Å². The normalized spacial score (nSPS) is 13.8. The molecule has 2 atom stereocenters. The van der Waals surface area contributed by atoms with Gasteiger partial charge in [-0.15, -0.1) is 0 Å². The summed E-state index contributed by atoms with van der Waals surface area (Å²) in [6.07, 6.45) is 22.4. The second-order valence-corrected chi connectivity index (χ2v) is 10.4. The van der Waals surface area contributed by atoms with Gasteiger partial charge in [0.2, 0.25) is 0 Å². The molecular weight excluding hydrogens is 411 g/mol. The van der Waals surface area contributed by atoms with Gasteiger partial charge in [-0.05, 0) is 26.2 Å². The minimum absolute atomic E-state index is 0. The molecule has 0 aliphatic carbocycles. The number of aliphatic hydroxyl groups excluding tert-OH is 1. The van der Waals surface area contributed by atoms with Crippen LogP contribution in [0.5, 0.6) is 0 Å². The summed E-state index contributed by atoms with van der Waals surface area (Å²) in [5.74, 6) is 0. The molecule has 170 valence electrons. The summed E-state index contributed by atoms with van der Waals surface area (Å²) >= 11 is 0. The molecule has 0 aliphatic heterocycles. The van der Waals surface area contributed by atoms with E-state index in [4.69, 9.17) is 0 Å². The van der Waals surface area contributed by atoms with Gasteiger partial charge in [-0.25, -0.2) is 8.42 Å². The molecule has 4 nitrogen and oxygen atoms in total. The van der Waals surface area contributed by atoms with E-state index in [9.17, 15) is 18.1 Å². The first-order chi connectivity index (χ1) is 13.4. The summed E-state index contributed by atoms with van der Waals surface area (Å²) in [5.41, 5.74) is 0. The first-order valence-corrected chi connectivity index (χ1v) is 13.5. The van der Waals surface area contributed by atoms with Crippen molar-refractivity contribution in [2.45, 2.75) is 147 Å². The first-order valence-electron chi connectivity index (χ1n) is 12.0. The van der Waals surface area contributed by atoms with E-state index in [1.165, 1.54) is 90.4 Å². The molecule has 0 saturated carbocycles. The molecule has 0 heterocycles. The van der Waals surface area contributed by atoms with Crippen molar-refractivity contribution in [2.24, 2.45) is 0 Å². The first kappa shape index (κ1) is 32.7. The zero-order valence-corrected chi connectivity index (χ0v) is 23.6. The van der Waals surface area contributed by atoms with Crippen LogP contribution in [0.3, 0.4) is 0 Å². The summed E-state index contributed by atoms with van der Waals surface area (Å²) in [6, 6.07) is 0. The van der Waals surface area contributed by atoms with Crippen LogP contribution < -0.4 is 51.4 Å². The number of unbranched alkanes of at least 4 members (excludes halogenated alkanes) is 15. The van der Waals surface area contributed by atoms with E-state index in [-0.39, 0.29) is 57.5 Å². The zero-order valence-electron chi connectivity index (χ0n) is 19.7. The third-order valence-electron chi connectivity index (χ3n) is 5.86. The second kappa shape index (κ2) is 22.7. The molecule has 0 rings (SSSR count). The van der Waals surface area contributed by atoms with Crippen molar-refractivity contribution in [3.8, 4) is 0 Å². The van der Waals surface area contributed by atoms with Crippen LogP contribution in [0, 0.1) is 0 Å². The molecule has 0 saturated heterocycles. The van der Waals surface area contributed by atoms with Gasteiger partial charge in [-0.2, -0.15) is 0 Å².